The average molecular weight is 570 g/mol. The van der Waals surface area contributed by atoms with Gasteiger partial charge in [0.1, 0.15) is 13.2 Å². The molecule has 9 nitrogen and oxygen atoms in total. The SMILES string of the molecule is C=C(C)C(=O)OCCOCCOCCOCCOCCOC(=O)c1ccccc1Nc1cccc(C(F)(F)F)c1. The van der Waals surface area contributed by atoms with Crippen molar-refractivity contribution in [3.05, 3.63) is 71.8 Å². The van der Waals surface area contributed by atoms with E-state index in [1.54, 1.807) is 25.1 Å². The minimum absolute atomic E-state index is 0.00770. The quantitative estimate of drug-likeness (QED) is 0.145. The Balaban J connectivity index is 1.52. The molecule has 0 aliphatic rings. The predicted molar refractivity (Wildman–Crippen MR) is 141 cm³/mol. The topological polar surface area (TPSA) is 102 Å². The summed E-state index contributed by atoms with van der Waals surface area (Å²) in [6.07, 6.45) is -4.48. The summed E-state index contributed by atoms with van der Waals surface area (Å²) >= 11 is 0. The zero-order valence-electron chi connectivity index (χ0n) is 22.3. The largest absolute Gasteiger partial charge is 0.460 e. The van der Waals surface area contributed by atoms with Gasteiger partial charge in [-0.1, -0.05) is 24.8 Å². The average Bonchev–Trinajstić information content (AvgIpc) is 2.92. The lowest BCUT2D eigenvalue weighted by Crippen LogP contribution is -2.16. The third-order valence-electron chi connectivity index (χ3n) is 5.00. The van der Waals surface area contributed by atoms with E-state index >= 15 is 0 Å². The lowest BCUT2D eigenvalue weighted by Gasteiger charge is -2.13. The molecule has 40 heavy (non-hydrogen) atoms. The summed E-state index contributed by atoms with van der Waals surface area (Å²) < 4.78 is 70.4. The van der Waals surface area contributed by atoms with Crippen LogP contribution < -0.4 is 5.32 Å². The first-order valence-corrected chi connectivity index (χ1v) is 12.5. The van der Waals surface area contributed by atoms with Gasteiger partial charge in [-0.15, -0.1) is 0 Å². The monoisotopic (exact) mass is 569 g/mol. The molecule has 0 atom stereocenters. The minimum atomic E-state index is -4.48. The second-order valence-corrected chi connectivity index (χ2v) is 8.25. The smallest absolute Gasteiger partial charge is 0.416 e. The number of halogens is 3. The highest BCUT2D eigenvalue weighted by molar-refractivity contribution is 5.96. The Hall–Kier alpha value is -3.45. The second kappa shape index (κ2) is 18.0. The van der Waals surface area contributed by atoms with Crippen LogP contribution in [0.3, 0.4) is 0 Å². The number of nitrogens with one attached hydrogen (secondary N) is 1. The summed E-state index contributed by atoms with van der Waals surface area (Å²) in [5.41, 5.74) is 0.229. The molecule has 2 rings (SSSR count). The zero-order chi connectivity index (χ0) is 29.2. The summed E-state index contributed by atoms with van der Waals surface area (Å²) in [6, 6.07) is 11.1. The van der Waals surface area contributed by atoms with Gasteiger partial charge in [0, 0.05) is 11.3 Å². The minimum Gasteiger partial charge on any atom is -0.460 e. The molecule has 2 aromatic carbocycles. The summed E-state index contributed by atoms with van der Waals surface area (Å²) in [5, 5.41) is 2.84. The van der Waals surface area contributed by atoms with E-state index in [4.69, 9.17) is 28.4 Å². The molecule has 0 bridgehead atoms. The van der Waals surface area contributed by atoms with Crippen molar-refractivity contribution in [2.24, 2.45) is 0 Å². The first-order valence-electron chi connectivity index (χ1n) is 12.5. The van der Waals surface area contributed by atoms with E-state index in [0.29, 0.717) is 44.3 Å². The van der Waals surface area contributed by atoms with Gasteiger partial charge in [0.15, 0.2) is 0 Å². The first kappa shape index (κ1) is 32.8. The van der Waals surface area contributed by atoms with Gasteiger partial charge < -0.3 is 33.7 Å². The van der Waals surface area contributed by atoms with Crippen LogP contribution in [0.1, 0.15) is 22.8 Å². The van der Waals surface area contributed by atoms with E-state index in [9.17, 15) is 22.8 Å². The first-order chi connectivity index (χ1) is 19.2. The molecule has 0 saturated carbocycles. The molecule has 0 aliphatic heterocycles. The Morgan fingerprint density at radius 2 is 1.27 bits per heavy atom. The fraction of sp³-hybridized carbons (Fsp3) is 0.429. The molecule has 1 N–H and O–H groups in total. The molecule has 0 spiro atoms. The highest BCUT2D eigenvalue weighted by atomic mass is 19.4. The molecular formula is C28H34F3NO8. The molecule has 220 valence electrons. The van der Waals surface area contributed by atoms with Gasteiger partial charge in [0.2, 0.25) is 0 Å². The normalized spacial score (nSPS) is 11.2. The number of carbonyl (C=O) groups is 2. The van der Waals surface area contributed by atoms with Gasteiger partial charge in [0.25, 0.3) is 0 Å². The van der Waals surface area contributed by atoms with Crippen molar-refractivity contribution in [3.8, 4) is 0 Å². The van der Waals surface area contributed by atoms with Crippen LogP contribution in [0.25, 0.3) is 0 Å². The summed E-state index contributed by atoms with van der Waals surface area (Å²) in [7, 11) is 0. The molecular weight excluding hydrogens is 535 g/mol. The number of benzene rings is 2. The van der Waals surface area contributed by atoms with Crippen LogP contribution in [-0.4, -0.2) is 78.0 Å². The van der Waals surface area contributed by atoms with E-state index in [-0.39, 0.29) is 44.3 Å². The molecule has 2 aromatic rings. The van der Waals surface area contributed by atoms with Crippen molar-refractivity contribution in [2.45, 2.75) is 13.1 Å². The molecule has 0 aromatic heterocycles. The van der Waals surface area contributed by atoms with E-state index in [1.165, 1.54) is 18.2 Å². The summed E-state index contributed by atoms with van der Waals surface area (Å²) in [5.74, 6) is -1.08. The molecule has 0 unspecified atom stereocenters. The molecule has 0 fully saturated rings. The van der Waals surface area contributed by atoms with Crippen LogP contribution >= 0.6 is 0 Å². The molecule has 0 radical (unpaired) electrons. The Kier molecular flexibility index (Phi) is 14.7. The fourth-order valence-electron chi connectivity index (χ4n) is 3.05. The maximum absolute atomic E-state index is 13.0. The van der Waals surface area contributed by atoms with Gasteiger partial charge in [-0.05, 0) is 37.3 Å². The molecule has 12 heteroatoms. The standard InChI is InChI=1S/C28H34F3NO8/c1-21(2)26(33)39-18-16-37-14-12-35-10-11-36-13-15-38-17-19-40-27(34)24-8-3-4-9-25(24)32-23-7-5-6-22(20-23)28(29,30)31/h3-9,20,32H,1,10-19H2,2H3. The van der Waals surface area contributed by atoms with Crippen LogP contribution in [0.4, 0.5) is 24.5 Å². The molecule has 0 heterocycles. The summed E-state index contributed by atoms with van der Waals surface area (Å²) in [6.45, 7) is 7.71. The van der Waals surface area contributed by atoms with Gasteiger partial charge in [-0.3, -0.25) is 0 Å². The third kappa shape index (κ3) is 13.1. The molecule has 0 amide bonds. The van der Waals surface area contributed by atoms with Crippen molar-refractivity contribution >= 4 is 23.3 Å². The highest BCUT2D eigenvalue weighted by Crippen LogP contribution is 2.32. The second-order valence-electron chi connectivity index (χ2n) is 8.25. The van der Waals surface area contributed by atoms with E-state index < -0.39 is 23.7 Å². The van der Waals surface area contributed by atoms with Crippen molar-refractivity contribution in [1.82, 2.24) is 0 Å². The summed E-state index contributed by atoms with van der Waals surface area (Å²) in [4.78, 5) is 23.7. The number of rotatable bonds is 19. The number of esters is 2. The Labute approximate surface area is 231 Å². The zero-order valence-corrected chi connectivity index (χ0v) is 22.3. The van der Waals surface area contributed by atoms with Crippen LogP contribution in [-0.2, 0) is 39.4 Å². The number of ether oxygens (including phenoxy) is 6. The van der Waals surface area contributed by atoms with Gasteiger partial charge in [-0.25, -0.2) is 9.59 Å². The Morgan fingerprint density at radius 1 is 0.750 bits per heavy atom. The van der Waals surface area contributed by atoms with Crippen LogP contribution in [0.5, 0.6) is 0 Å². The van der Waals surface area contributed by atoms with Crippen molar-refractivity contribution in [2.75, 3.05) is 71.4 Å². The molecule has 0 aliphatic carbocycles. The predicted octanol–water partition coefficient (Wildman–Crippen LogP) is 4.79. The van der Waals surface area contributed by atoms with E-state index in [1.807, 2.05) is 0 Å². The fourth-order valence-corrected chi connectivity index (χ4v) is 3.05. The maximum Gasteiger partial charge on any atom is 0.416 e. The number of hydrogen-bond acceptors (Lipinski definition) is 9. The highest BCUT2D eigenvalue weighted by Gasteiger charge is 2.30. The lowest BCUT2D eigenvalue weighted by atomic mass is 10.1. The van der Waals surface area contributed by atoms with E-state index in [0.717, 1.165) is 12.1 Å². The van der Waals surface area contributed by atoms with Gasteiger partial charge >= 0.3 is 18.1 Å². The van der Waals surface area contributed by atoms with Crippen LogP contribution in [0, 0.1) is 0 Å². The van der Waals surface area contributed by atoms with Crippen LogP contribution in [0.2, 0.25) is 0 Å². The number of hydrogen-bond donors (Lipinski definition) is 1. The maximum atomic E-state index is 13.0. The van der Waals surface area contributed by atoms with Gasteiger partial charge in [0.05, 0.1) is 69.7 Å². The number of alkyl halides is 3. The third-order valence-corrected chi connectivity index (χ3v) is 5.00. The van der Waals surface area contributed by atoms with Crippen LogP contribution in [0.15, 0.2) is 60.7 Å². The molecule has 0 saturated heterocycles. The van der Waals surface area contributed by atoms with E-state index in [2.05, 4.69) is 11.9 Å². The number of anilines is 2. The van der Waals surface area contributed by atoms with Crippen molar-refractivity contribution in [1.29, 1.82) is 0 Å². The van der Waals surface area contributed by atoms with Crippen molar-refractivity contribution < 1.29 is 51.2 Å². The number of para-hydroxylation sites is 1. The van der Waals surface area contributed by atoms with Crippen molar-refractivity contribution in [3.63, 3.8) is 0 Å². The number of carbonyl (C=O) groups excluding carboxylic acids is 2. The van der Waals surface area contributed by atoms with Gasteiger partial charge in [-0.2, -0.15) is 13.2 Å². The Morgan fingerprint density at radius 3 is 1.82 bits per heavy atom. The Bertz CT molecular complexity index is 1080. The lowest BCUT2D eigenvalue weighted by molar-refractivity contribution is -0.140.